The molecule has 0 aliphatic heterocycles. The van der Waals surface area contributed by atoms with E-state index in [0.717, 1.165) is 25.6 Å². The fourth-order valence-corrected chi connectivity index (χ4v) is 2.48. The van der Waals surface area contributed by atoms with E-state index >= 15 is 0 Å². The molecule has 0 amide bonds. The molecule has 2 nitrogen and oxygen atoms in total. The molecule has 1 unspecified atom stereocenters. The summed E-state index contributed by atoms with van der Waals surface area (Å²) in [6, 6.07) is 0. The molecule has 22 heavy (non-hydrogen) atoms. The zero-order chi connectivity index (χ0) is 16.8. The van der Waals surface area contributed by atoms with Crippen molar-refractivity contribution < 1.29 is 4.74 Å². The molecule has 0 aliphatic rings. The summed E-state index contributed by atoms with van der Waals surface area (Å²) in [6.07, 6.45) is 13.2. The highest BCUT2D eigenvalue weighted by Crippen LogP contribution is 2.21. The van der Waals surface area contributed by atoms with Gasteiger partial charge in [-0.15, -0.1) is 11.6 Å². The van der Waals surface area contributed by atoms with Crippen LogP contribution >= 0.6 is 11.6 Å². The minimum Gasteiger partial charge on any atom is -0.381 e. The molecule has 0 spiro atoms. The summed E-state index contributed by atoms with van der Waals surface area (Å²) in [6.45, 7) is 8.31. The van der Waals surface area contributed by atoms with Crippen LogP contribution in [0, 0.1) is 5.92 Å². The van der Waals surface area contributed by atoms with Crippen LogP contribution in [0.3, 0.4) is 0 Å². The Morgan fingerprint density at radius 3 is 1.86 bits per heavy atom. The molecule has 0 bridgehead atoms. The van der Waals surface area contributed by atoms with Gasteiger partial charge in [-0.3, -0.25) is 4.90 Å². The summed E-state index contributed by atoms with van der Waals surface area (Å²) >= 11 is 6.37. The van der Waals surface area contributed by atoms with E-state index in [-0.39, 0.29) is 5.00 Å². The summed E-state index contributed by atoms with van der Waals surface area (Å²) < 4.78 is 5.69. The molecule has 0 radical (unpaired) electrons. The van der Waals surface area contributed by atoms with Gasteiger partial charge in [0.2, 0.25) is 0 Å². The number of hydrogen-bond donors (Lipinski definition) is 0. The van der Waals surface area contributed by atoms with E-state index in [4.69, 9.17) is 16.3 Å². The first kappa shape index (κ1) is 22.2. The summed E-state index contributed by atoms with van der Waals surface area (Å²) in [4.78, 5) is 1.76. The molecule has 134 valence electrons. The number of rotatable bonds is 15. The van der Waals surface area contributed by atoms with Crippen molar-refractivity contribution in [3.63, 3.8) is 0 Å². The molecule has 0 aliphatic carbocycles. The van der Waals surface area contributed by atoms with E-state index in [2.05, 4.69) is 13.8 Å². The van der Waals surface area contributed by atoms with Crippen LogP contribution in [-0.4, -0.2) is 37.2 Å². The Labute approximate surface area is 144 Å². The number of hydrogen-bond acceptors (Lipinski definition) is 2. The summed E-state index contributed by atoms with van der Waals surface area (Å²) in [5.41, 5.74) is 0. The zero-order valence-corrected chi connectivity index (χ0v) is 16.6. The molecule has 0 aromatic rings. The average molecular weight is 334 g/mol. The Balaban J connectivity index is 3.18. The fraction of sp³-hybridized carbons (Fsp3) is 1.00. The second-order valence-corrected chi connectivity index (χ2v) is 8.22. The number of ether oxygens (including phenoxy) is 1. The van der Waals surface area contributed by atoms with E-state index < -0.39 is 0 Å². The molecule has 0 aromatic heterocycles. The maximum absolute atomic E-state index is 6.37. The quantitative estimate of drug-likeness (QED) is 0.205. The lowest BCUT2D eigenvalue weighted by Gasteiger charge is -2.29. The predicted molar refractivity (Wildman–Crippen MR) is 99.8 cm³/mol. The van der Waals surface area contributed by atoms with Gasteiger partial charge in [0.05, 0.1) is 5.00 Å². The highest BCUT2D eigenvalue weighted by molar-refractivity contribution is 6.23. The van der Waals surface area contributed by atoms with Gasteiger partial charge in [-0.2, -0.15) is 0 Å². The van der Waals surface area contributed by atoms with Gasteiger partial charge in [0.1, 0.15) is 0 Å². The van der Waals surface area contributed by atoms with E-state index in [1.807, 2.05) is 25.9 Å². The Morgan fingerprint density at radius 2 is 1.36 bits per heavy atom. The number of unbranched alkanes of at least 4 members (excludes halogenated alkanes) is 7. The third-order valence-corrected chi connectivity index (χ3v) is 4.98. The van der Waals surface area contributed by atoms with Crippen molar-refractivity contribution in [1.29, 1.82) is 0 Å². The molecule has 0 heterocycles. The van der Waals surface area contributed by atoms with Gasteiger partial charge >= 0.3 is 0 Å². The Hall–Kier alpha value is 0.210. The maximum Gasteiger partial charge on any atom is 0.0949 e. The lowest BCUT2D eigenvalue weighted by molar-refractivity contribution is 0.101. The lowest BCUT2D eigenvalue weighted by atomic mass is 10.0. The van der Waals surface area contributed by atoms with Crippen LogP contribution in [0.4, 0.5) is 0 Å². The summed E-state index contributed by atoms with van der Waals surface area (Å²) in [5, 5.41) is 0. The average Bonchev–Trinajstić information content (AvgIpc) is 2.43. The minimum absolute atomic E-state index is 0.282. The molecular weight excluding hydrogens is 294 g/mol. The normalized spacial score (nSPS) is 14.7. The molecule has 0 aromatic carbocycles. The number of halogens is 1. The lowest BCUT2D eigenvalue weighted by Crippen LogP contribution is -2.36. The van der Waals surface area contributed by atoms with Gasteiger partial charge in [-0.05, 0) is 33.4 Å². The molecule has 0 rings (SSSR count). The first-order valence-corrected chi connectivity index (χ1v) is 9.68. The van der Waals surface area contributed by atoms with Crippen molar-refractivity contribution >= 4 is 11.6 Å². The van der Waals surface area contributed by atoms with E-state index in [1.165, 1.54) is 57.8 Å². The molecule has 0 fully saturated rings. The molecule has 0 N–H and O–H groups in total. The van der Waals surface area contributed by atoms with E-state index in [9.17, 15) is 0 Å². The largest absolute Gasteiger partial charge is 0.381 e. The highest BCUT2D eigenvalue weighted by atomic mass is 35.5. The third-order valence-electron chi connectivity index (χ3n) is 4.46. The summed E-state index contributed by atoms with van der Waals surface area (Å²) in [5.74, 6) is 0.870. The zero-order valence-electron chi connectivity index (χ0n) is 15.8. The van der Waals surface area contributed by atoms with Gasteiger partial charge < -0.3 is 4.74 Å². The SMILES string of the molecule is CC(C)CCCCCCCCCCOCCC(C)(Cl)N(C)C. The number of nitrogens with zero attached hydrogens (tertiary/aromatic N) is 1. The molecular formula is C19H40ClNO. The maximum atomic E-state index is 6.37. The van der Waals surface area contributed by atoms with Crippen molar-refractivity contribution in [3.05, 3.63) is 0 Å². The monoisotopic (exact) mass is 333 g/mol. The Morgan fingerprint density at radius 1 is 0.864 bits per heavy atom. The van der Waals surface area contributed by atoms with Crippen LogP contribution in [0.25, 0.3) is 0 Å². The predicted octanol–water partition coefficient (Wildman–Crippen LogP) is 6.08. The minimum atomic E-state index is -0.282. The fourth-order valence-electron chi connectivity index (χ4n) is 2.40. The topological polar surface area (TPSA) is 12.5 Å². The van der Waals surface area contributed by atoms with Gasteiger partial charge in [0.25, 0.3) is 0 Å². The Bertz CT molecular complexity index is 242. The smallest absolute Gasteiger partial charge is 0.0949 e. The first-order valence-electron chi connectivity index (χ1n) is 9.30. The number of alkyl halides is 1. The van der Waals surface area contributed by atoms with Crippen molar-refractivity contribution in [2.75, 3.05) is 27.3 Å². The van der Waals surface area contributed by atoms with Crippen molar-refractivity contribution in [2.24, 2.45) is 5.92 Å². The van der Waals surface area contributed by atoms with Crippen LogP contribution in [0.2, 0.25) is 0 Å². The van der Waals surface area contributed by atoms with Crippen LogP contribution < -0.4 is 0 Å². The molecule has 0 saturated heterocycles. The third kappa shape index (κ3) is 13.8. The van der Waals surface area contributed by atoms with Gasteiger partial charge in [-0.25, -0.2) is 0 Å². The highest BCUT2D eigenvalue weighted by Gasteiger charge is 2.22. The van der Waals surface area contributed by atoms with Crippen LogP contribution in [0.1, 0.15) is 85.0 Å². The van der Waals surface area contributed by atoms with Crippen molar-refractivity contribution in [1.82, 2.24) is 4.90 Å². The summed E-state index contributed by atoms with van der Waals surface area (Å²) in [7, 11) is 4.02. The molecule has 1 atom stereocenters. The van der Waals surface area contributed by atoms with Gasteiger partial charge in [-0.1, -0.05) is 65.2 Å². The van der Waals surface area contributed by atoms with Gasteiger partial charge in [0.15, 0.2) is 0 Å². The van der Waals surface area contributed by atoms with Crippen LogP contribution in [-0.2, 0) is 4.74 Å². The first-order chi connectivity index (χ1) is 10.4. The molecule has 3 heteroatoms. The second-order valence-electron chi connectivity index (χ2n) is 7.41. The second kappa shape index (κ2) is 13.6. The van der Waals surface area contributed by atoms with Gasteiger partial charge in [0, 0.05) is 19.6 Å². The van der Waals surface area contributed by atoms with Crippen LogP contribution in [0.5, 0.6) is 0 Å². The van der Waals surface area contributed by atoms with Crippen molar-refractivity contribution in [3.8, 4) is 0 Å². The van der Waals surface area contributed by atoms with Crippen molar-refractivity contribution in [2.45, 2.75) is 90.0 Å². The molecule has 0 saturated carbocycles. The van der Waals surface area contributed by atoms with Crippen LogP contribution in [0.15, 0.2) is 0 Å². The van der Waals surface area contributed by atoms with E-state index in [0.29, 0.717) is 0 Å². The Kier molecular flexibility index (Phi) is 13.8. The van der Waals surface area contributed by atoms with E-state index in [1.54, 1.807) is 0 Å². The standard InChI is InChI=1S/C19H40ClNO/c1-18(2)14-12-10-8-6-7-9-11-13-16-22-17-15-19(3,20)21(4)5/h18H,6-17H2,1-5H3.